The van der Waals surface area contributed by atoms with Crippen LogP contribution >= 0.6 is 23.2 Å². The second-order valence-electron chi connectivity index (χ2n) is 3.00. The summed E-state index contributed by atoms with van der Waals surface area (Å²) in [6, 6.07) is -1.45. The van der Waals surface area contributed by atoms with Crippen molar-refractivity contribution in [2.24, 2.45) is 0 Å². The minimum absolute atomic E-state index is 0.106. The summed E-state index contributed by atoms with van der Waals surface area (Å²) in [7, 11) is 0. The Bertz CT molecular complexity index is 431. The Morgan fingerprint density at radius 3 is 2.06 bits per heavy atom. The van der Waals surface area contributed by atoms with E-state index in [0.717, 1.165) is 4.68 Å². The van der Waals surface area contributed by atoms with Crippen molar-refractivity contribution in [3.05, 3.63) is 10.6 Å². The first-order valence-electron chi connectivity index (χ1n) is 5.12. The lowest BCUT2D eigenvalue weighted by Gasteiger charge is -2.14. The third kappa shape index (κ3) is 3.33. The quantitative estimate of drug-likeness (QED) is 0.600. The Hall–Kier alpha value is -1.34. The number of aromatic nitrogens is 3. The molecule has 1 heterocycles. The van der Waals surface area contributed by atoms with E-state index in [1.54, 1.807) is 13.8 Å². The van der Waals surface area contributed by atoms with Crippen LogP contribution in [0.5, 0.6) is 0 Å². The van der Waals surface area contributed by atoms with Gasteiger partial charge in [0.2, 0.25) is 16.6 Å². The summed E-state index contributed by atoms with van der Waals surface area (Å²) in [5.41, 5.74) is 0. The third-order valence-corrected chi connectivity index (χ3v) is 2.25. The van der Waals surface area contributed by atoms with Gasteiger partial charge in [-0.25, -0.2) is 14.3 Å². The molecule has 0 aliphatic carbocycles. The van der Waals surface area contributed by atoms with Crippen LogP contribution in [0.25, 0.3) is 0 Å². The van der Waals surface area contributed by atoms with Crippen LogP contribution in [0.1, 0.15) is 19.9 Å². The molecule has 0 spiro atoms. The van der Waals surface area contributed by atoms with Gasteiger partial charge in [-0.3, -0.25) is 0 Å². The number of hydrogen-bond acceptors (Lipinski definition) is 6. The van der Waals surface area contributed by atoms with Crippen molar-refractivity contribution in [2.75, 3.05) is 13.2 Å². The van der Waals surface area contributed by atoms with Gasteiger partial charge in [0, 0.05) is 0 Å². The van der Waals surface area contributed by atoms with Crippen molar-refractivity contribution in [3.63, 3.8) is 0 Å². The molecule has 0 aromatic carbocycles. The second kappa shape index (κ2) is 6.55. The van der Waals surface area contributed by atoms with Gasteiger partial charge in [0.15, 0.2) is 0 Å². The van der Waals surface area contributed by atoms with E-state index in [1.807, 2.05) is 0 Å². The van der Waals surface area contributed by atoms with Crippen molar-refractivity contribution < 1.29 is 19.1 Å². The Morgan fingerprint density at radius 2 is 1.72 bits per heavy atom. The van der Waals surface area contributed by atoms with E-state index < -0.39 is 18.0 Å². The summed E-state index contributed by atoms with van der Waals surface area (Å²) >= 11 is 11.3. The summed E-state index contributed by atoms with van der Waals surface area (Å²) in [6.45, 7) is 3.43. The van der Waals surface area contributed by atoms with Crippen molar-refractivity contribution in [1.82, 2.24) is 14.8 Å². The van der Waals surface area contributed by atoms with Crippen molar-refractivity contribution >= 4 is 35.1 Å². The topological polar surface area (TPSA) is 83.3 Å². The van der Waals surface area contributed by atoms with Crippen LogP contribution < -0.4 is 0 Å². The minimum Gasteiger partial charge on any atom is -0.464 e. The van der Waals surface area contributed by atoms with Crippen LogP contribution in [-0.4, -0.2) is 39.9 Å². The summed E-state index contributed by atoms with van der Waals surface area (Å²) in [4.78, 5) is 27.0. The van der Waals surface area contributed by atoms with E-state index in [-0.39, 0.29) is 23.8 Å². The fourth-order valence-corrected chi connectivity index (χ4v) is 1.60. The first-order chi connectivity index (χ1) is 8.51. The van der Waals surface area contributed by atoms with Crippen LogP contribution in [0, 0.1) is 0 Å². The number of nitrogens with zero attached hydrogens (tertiary/aromatic N) is 3. The van der Waals surface area contributed by atoms with Gasteiger partial charge >= 0.3 is 11.9 Å². The molecular formula is C9H11Cl2N3O4. The average molecular weight is 296 g/mol. The molecule has 0 amide bonds. The first kappa shape index (κ1) is 14.7. The molecule has 1 aromatic heterocycles. The molecule has 0 saturated carbocycles. The van der Waals surface area contributed by atoms with E-state index in [1.165, 1.54) is 0 Å². The molecule has 9 heteroatoms. The zero-order chi connectivity index (χ0) is 13.7. The molecule has 1 aromatic rings. The molecule has 1 rings (SSSR count). The average Bonchev–Trinajstić information content (AvgIpc) is 2.59. The number of ether oxygens (including phenoxy) is 2. The van der Waals surface area contributed by atoms with Gasteiger partial charge in [-0.2, -0.15) is 4.98 Å². The summed E-state index contributed by atoms with van der Waals surface area (Å²) in [6.07, 6.45) is 0. The number of rotatable bonds is 5. The molecule has 0 saturated heterocycles. The predicted octanol–water partition coefficient (Wildman–Crippen LogP) is 1.25. The fraction of sp³-hybridized carbons (Fsp3) is 0.556. The molecular weight excluding hydrogens is 285 g/mol. The largest absolute Gasteiger partial charge is 0.464 e. The second-order valence-corrected chi connectivity index (χ2v) is 3.68. The molecule has 100 valence electrons. The van der Waals surface area contributed by atoms with Gasteiger partial charge in [-0.1, -0.05) is 0 Å². The lowest BCUT2D eigenvalue weighted by atomic mass is 10.3. The number of esters is 2. The van der Waals surface area contributed by atoms with Gasteiger partial charge in [-0.15, -0.1) is 5.10 Å². The monoisotopic (exact) mass is 295 g/mol. The zero-order valence-electron chi connectivity index (χ0n) is 9.72. The van der Waals surface area contributed by atoms with E-state index in [9.17, 15) is 9.59 Å². The van der Waals surface area contributed by atoms with Crippen LogP contribution in [0.2, 0.25) is 10.6 Å². The third-order valence-electron chi connectivity index (χ3n) is 1.83. The highest BCUT2D eigenvalue weighted by Crippen LogP contribution is 2.18. The SMILES string of the molecule is CCOC(=O)C(C(=O)OCC)n1nc(Cl)nc1Cl. The molecule has 0 aliphatic heterocycles. The van der Waals surface area contributed by atoms with Gasteiger partial charge in [0.25, 0.3) is 0 Å². The predicted molar refractivity (Wildman–Crippen MR) is 62.3 cm³/mol. The summed E-state index contributed by atoms with van der Waals surface area (Å²) in [5.74, 6) is -1.67. The lowest BCUT2D eigenvalue weighted by molar-refractivity contribution is -0.160. The van der Waals surface area contributed by atoms with Crippen molar-refractivity contribution in [1.29, 1.82) is 0 Å². The van der Waals surface area contributed by atoms with Crippen LogP contribution in [0.15, 0.2) is 0 Å². The highest BCUT2D eigenvalue weighted by molar-refractivity contribution is 6.31. The van der Waals surface area contributed by atoms with Crippen LogP contribution in [0.4, 0.5) is 0 Å². The van der Waals surface area contributed by atoms with E-state index in [2.05, 4.69) is 10.1 Å². The zero-order valence-corrected chi connectivity index (χ0v) is 11.2. The normalized spacial score (nSPS) is 10.5. The Kier molecular flexibility index (Phi) is 5.36. The Labute approximate surface area is 113 Å². The maximum atomic E-state index is 11.7. The minimum atomic E-state index is -1.45. The smallest absolute Gasteiger partial charge is 0.342 e. The molecule has 0 aliphatic rings. The van der Waals surface area contributed by atoms with Gasteiger partial charge in [0.1, 0.15) is 0 Å². The number of carbonyl (C=O) groups is 2. The highest BCUT2D eigenvalue weighted by Gasteiger charge is 2.34. The maximum absolute atomic E-state index is 11.7. The van der Waals surface area contributed by atoms with Crippen LogP contribution in [-0.2, 0) is 19.1 Å². The standard InChI is InChI=1S/C9H11Cl2N3O4/c1-3-17-6(15)5(7(16)18-4-2)14-9(11)12-8(10)13-14/h5H,3-4H2,1-2H3. The van der Waals surface area contributed by atoms with Gasteiger partial charge in [-0.05, 0) is 37.0 Å². The number of carbonyl (C=O) groups excluding carboxylic acids is 2. The summed E-state index contributed by atoms with van der Waals surface area (Å²) < 4.78 is 10.4. The van der Waals surface area contributed by atoms with Gasteiger partial charge in [0.05, 0.1) is 13.2 Å². The highest BCUT2D eigenvalue weighted by atomic mass is 35.5. The summed E-state index contributed by atoms with van der Waals surface area (Å²) in [5, 5.41) is 3.27. The van der Waals surface area contributed by atoms with Crippen LogP contribution in [0.3, 0.4) is 0 Å². The Morgan fingerprint density at radius 1 is 1.22 bits per heavy atom. The number of halogens is 2. The molecule has 0 bridgehead atoms. The van der Waals surface area contributed by atoms with Gasteiger partial charge < -0.3 is 9.47 Å². The molecule has 18 heavy (non-hydrogen) atoms. The van der Waals surface area contributed by atoms with Crippen molar-refractivity contribution in [3.8, 4) is 0 Å². The Balaban J connectivity index is 3.07. The molecule has 0 N–H and O–H groups in total. The molecule has 7 nitrogen and oxygen atoms in total. The fourth-order valence-electron chi connectivity index (χ4n) is 1.18. The van der Waals surface area contributed by atoms with E-state index in [4.69, 9.17) is 32.7 Å². The van der Waals surface area contributed by atoms with Crippen molar-refractivity contribution in [2.45, 2.75) is 19.9 Å². The molecule has 0 radical (unpaired) electrons. The molecule has 0 atom stereocenters. The molecule has 0 unspecified atom stereocenters. The maximum Gasteiger partial charge on any atom is 0.342 e. The molecule has 0 fully saturated rings. The first-order valence-corrected chi connectivity index (χ1v) is 5.87. The van der Waals surface area contributed by atoms with E-state index in [0.29, 0.717) is 0 Å². The number of hydrogen-bond donors (Lipinski definition) is 0. The lowest BCUT2D eigenvalue weighted by Crippen LogP contribution is -2.32. The van der Waals surface area contributed by atoms with E-state index >= 15 is 0 Å².